The Kier molecular flexibility index (Phi) is 4.02. The number of phenolic OH excluding ortho intramolecular Hbond substituents is 1. The highest BCUT2D eigenvalue weighted by molar-refractivity contribution is 5.73. The fourth-order valence-electron chi connectivity index (χ4n) is 2.99. The summed E-state index contributed by atoms with van der Waals surface area (Å²) in [6.07, 6.45) is 5.14. The molecule has 1 saturated heterocycles. The van der Waals surface area contributed by atoms with Crippen LogP contribution < -0.4 is 10.2 Å². The van der Waals surface area contributed by atoms with Crippen LogP contribution in [-0.2, 0) is 0 Å². The number of H-pyrrole nitrogens is 1. The number of benzene rings is 1. The summed E-state index contributed by atoms with van der Waals surface area (Å²) in [5, 5.41) is 28.9. The van der Waals surface area contributed by atoms with Crippen LogP contribution in [0.4, 0.5) is 5.95 Å². The molecule has 1 atom stereocenters. The quantitative estimate of drug-likeness (QED) is 0.664. The number of anilines is 1. The highest BCUT2D eigenvalue weighted by atomic mass is 16.3. The Balaban J connectivity index is 1.57. The van der Waals surface area contributed by atoms with E-state index in [-0.39, 0.29) is 5.75 Å². The summed E-state index contributed by atoms with van der Waals surface area (Å²) in [4.78, 5) is 6.54. The third kappa shape index (κ3) is 3.16. The molecule has 0 saturated carbocycles. The number of piperazine rings is 1. The monoisotopic (exact) mass is 337 g/mol. The Morgan fingerprint density at radius 3 is 2.80 bits per heavy atom. The Morgan fingerprint density at radius 1 is 1.20 bits per heavy atom. The van der Waals surface area contributed by atoms with Gasteiger partial charge in [-0.3, -0.25) is 5.10 Å². The molecule has 0 amide bonds. The summed E-state index contributed by atoms with van der Waals surface area (Å²) in [5.74, 6) is 0.755. The fourth-order valence-corrected chi connectivity index (χ4v) is 2.99. The molecule has 1 aliphatic heterocycles. The van der Waals surface area contributed by atoms with E-state index in [9.17, 15) is 5.11 Å². The van der Waals surface area contributed by atoms with Crippen LogP contribution in [-0.4, -0.2) is 56.2 Å². The van der Waals surface area contributed by atoms with Crippen molar-refractivity contribution >= 4 is 5.95 Å². The fraction of sp³-hybridized carbons (Fsp3) is 0.294. The molecule has 0 aliphatic carbocycles. The number of rotatable bonds is 3. The largest absolute Gasteiger partial charge is 0.507 e. The first-order valence-electron chi connectivity index (χ1n) is 8.21. The summed E-state index contributed by atoms with van der Waals surface area (Å²) in [6, 6.07) is 5.81. The third-order valence-corrected chi connectivity index (χ3v) is 4.31. The zero-order chi connectivity index (χ0) is 17.2. The van der Waals surface area contributed by atoms with Crippen molar-refractivity contribution in [2.24, 2.45) is 0 Å². The first-order chi connectivity index (χ1) is 12.2. The number of hydrogen-bond donors (Lipinski definition) is 3. The Bertz CT molecular complexity index is 848. The molecule has 25 heavy (non-hydrogen) atoms. The van der Waals surface area contributed by atoms with Gasteiger partial charge in [0.15, 0.2) is 0 Å². The van der Waals surface area contributed by atoms with Crippen molar-refractivity contribution in [2.75, 3.05) is 24.5 Å². The summed E-state index contributed by atoms with van der Waals surface area (Å²) in [6.45, 7) is 4.75. The van der Waals surface area contributed by atoms with Crippen LogP contribution in [0.1, 0.15) is 6.92 Å². The number of phenols is 1. The molecule has 1 aromatic carbocycles. The van der Waals surface area contributed by atoms with Gasteiger partial charge >= 0.3 is 0 Å². The van der Waals surface area contributed by atoms with Crippen molar-refractivity contribution < 1.29 is 5.11 Å². The molecule has 0 unspecified atom stereocenters. The van der Waals surface area contributed by atoms with Gasteiger partial charge in [-0.1, -0.05) is 6.07 Å². The average Bonchev–Trinajstić information content (AvgIpc) is 3.17. The zero-order valence-corrected chi connectivity index (χ0v) is 13.8. The van der Waals surface area contributed by atoms with E-state index < -0.39 is 0 Å². The van der Waals surface area contributed by atoms with Gasteiger partial charge in [0.05, 0.1) is 12.4 Å². The minimum atomic E-state index is 0.137. The number of nitrogens with one attached hydrogen (secondary N) is 2. The van der Waals surface area contributed by atoms with Gasteiger partial charge in [0.25, 0.3) is 0 Å². The van der Waals surface area contributed by atoms with E-state index >= 15 is 0 Å². The van der Waals surface area contributed by atoms with Gasteiger partial charge in [-0.15, -0.1) is 10.2 Å². The van der Waals surface area contributed by atoms with E-state index in [0.717, 1.165) is 30.8 Å². The van der Waals surface area contributed by atoms with E-state index in [1.807, 2.05) is 12.1 Å². The molecule has 1 fully saturated rings. The van der Waals surface area contributed by atoms with E-state index in [1.165, 1.54) is 0 Å². The lowest BCUT2D eigenvalue weighted by Gasteiger charge is -2.31. The molecule has 3 aromatic rings. The third-order valence-electron chi connectivity index (χ3n) is 4.31. The summed E-state index contributed by atoms with van der Waals surface area (Å²) in [7, 11) is 0. The van der Waals surface area contributed by atoms with Gasteiger partial charge in [0.2, 0.25) is 5.95 Å². The van der Waals surface area contributed by atoms with Crippen molar-refractivity contribution in [3.63, 3.8) is 0 Å². The molecule has 0 bridgehead atoms. The second-order valence-corrected chi connectivity index (χ2v) is 6.16. The molecule has 0 radical (unpaired) electrons. The highest BCUT2D eigenvalue weighted by Gasteiger charge is 2.18. The Morgan fingerprint density at radius 2 is 2.12 bits per heavy atom. The van der Waals surface area contributed by atoms with Crippen LogP contribution >= 0.6 is 0 Å². The van der Waals surface area contributed by atoms with Gasteiger partial charge in [0, 0.05) is 43.0 Å². The van der Waals surface area contributed by atoms with Gasteiger partial charge in [-0.25, -0.2) is 4.98 Å². The maximum atomic E-state index is 10.4. The van der Waals surface area contributed by atoms with Crippen LogP contribution in [0.15, 0.2) is 36.8 Å². The maximum Gasteiger partial charge on any atom is 0.245 e. The molecule has 8 nitrogen and oxygen atoms in total. The Labute approximate surface area is 144 Å². The topological polar surface area (TPSA) is 103 Å². The normalized spacial score (nSPS) is 17.6. The van der Waals surface area contributed by atoms with Crippen LogP contribution in [0.2, 0.25) is 0 Å². The minimum absolute atomic E-state index is 0.137. The lowest BCUT2D eigenvalue weighted by atomic mass is 10.0. The van der Waals surface area contributed by atoms with E-state index in [2.05, 4.69) is 42.5 Å². The van der Waals surface area contributed by atoms with Gasteiger partial charge in [-0.2, -0.15) is 5.10 Å². The number of aromatic hydroxyl groups is 1. The van der Waals surface area contributed by atoms with Gasteiger partial charge in [-0.05, 0) is 24.6 Å². The molecule has 4 rings (SSSR count). The van der Waals surface area contributed by atoms with E-state index in [1.54, 1.807) is 24.7 Å². The molecular weight excluding hydrogens is 318 g/mol. The van der Waals surface area contributed by atoms with Crippen LogP contribution in [0.3, 0.4) is 0 Å². The van der Waals surface area contributed by atoms with Gasteiger partial charge in [0.1, 0.15) is 11.4 Å². The van der Waals surface area contributed by atoms with Crippen LogP contribution in [0.5, 0.6) is 5.75 Å². The van der Waals surface area contributed by atoms with Gasteiger partial charge < -0.3 is 15.3 Å². The number of hydrogen-bond acceptors (Lipinski definition) is 7. The molecular formula is C17H19N7O. The lowest BCUT2D eigenvalue weighted by Crippen LogP contribution is -2.49. The summed E-state index contributed by atoms with van der Waals surface area (Å²) >= 11 is 0. The van der Waals surface area contributed by atoms with Crippen molar-refractivity contribution in [3.8, 4) is 28.1 Å². The van der Waals surface area contributed by atoms with E-state index in [4.69, 9.17) is 0 Å². The first kappa shape index (κ1) is 15.5. The first-order valence-corrected chi connectivity index (χ1v) is 8.21. The lowest BCUT2D eigenvalue weighted by molar-refractivity contribution is 0.476. The minimum Gasteiger partial charge on any atom is -0.507 e. The smallest absolute Gasteiger partial charge is 0.245 e. The zero-order valence-electron chi connectivity index (χ0n) is 13.8. The standard InChI is InChI=1S/C17H19N7O/c1-11-10-24(5-4-18-11)17-19-9-15(22-23-17)14-3-2-12(6-16(14)25)13-7-20-21-8-13/h2-3,6-9,11,18,25H,4-5,10H2,1H3,(H,20,21)/t11-/m0/s1. The highest BCUT2D eigenvalue weighted by Crippen LogP contribution is 2.31. The molecule has 3 heterocycles. The molecule has 3 N–H and O–H groups in total. The SMILES string of the molecule is C[C@H]1CN(c2ncc(-c3ccc(-c4cn[nH]c4)cc3O)nn2)CCN1. The van der Waals surface area contributed by atoms with Crippen molar-refractivity contribution in [2.45, 2.75) is 13.0 Å². The summed E-state index contributed by atoms with van der Waals surface area (Å²) < 4.78 is 0. The Hall–Kier alpha value is -3.00. The second-order valence-electron chi connectivity index (χ2n) is 6.16. The molecule has 1 aliphatic rings. The second kappa shape index (κ2) is 6.48. The van der Waals surface area contributed by atoms with E-state index in [0.29, 0.717) is 23.2 Å². The number of aromatic nitrogens is 5. The van der Waals surface area contributed by atoms with Crippen LogP contribution in [0.25, 0.3) is 22.4 Å². The predicted molar refractivity (Wildman–Crippen MR) is 94.2 cm³/mol. The molecule has 2 aromatic heterocycles. The molecule has 128 valence electrons. The predicted octanol–water partition coefficient (Wildman–Crippen LogP) is 1.43. The maximum absolute atomic E-state index is 10.4. The van der Waals surface area contributed by atoms with Crippen LogP contribution in [0, 0.1) is 0 Å². The number of aromatic amines is 1. The molecule has 0 spiro atoms. The van der Waals surface area contributed by atoms with Crippen molar-refractivity contribution in [3.05, 3.63) is 36.8 Å². The van der Waals surface area contributed by atoms with Crippen molar-refractivity contribution in [1.82, 2.24) is 30.7 Å². The number of nitrogens with zero attached hydrogens (tertiary/aromatic N) is 5. The average molecular weight is 337 g/mol. The molecule has 8 heteroatoms. The van der Waals surface area contributed by atoms with Crippen molar-refractivity contribution in [1.29, 1.82) is 0 Å². The summed E-state index contributed by atoms with van der Waals surface area (Å²) in [5.41, 5.74) is 2.94.